The van der Waals surface area contributed by atoms with Gasteiger partial charge >= 0.3 is 6.03 Å². The molecule has 5 heteroatoms. The molecule has 3 amide bonds. The highest BCUT2D eigenvalue weighted by atomic mass is 32.2. The Bertz CT molecular complexity index is 334. The first-order chi connectivity index (χ1) is 8.12. The van der Waals surface area contributed by atoms with E-state index < -0.39 is 5.54 Å². The quantitative estimate of drug-likeness (QED) is 0.784. The van der Waals surface area contributed by atoms with Crippen LogP contribution in [0.3, 0.4) is 0 Å². The number of carbonyl (C=O) groups excluding carboxylic acids is 2. The van der Waals surface area contributed by atoms with Crippen LogP contribution in [0.15, 0.2) is 0 Å². The van der Waals surface area contributed by atoms with Gasteiger partial charge in [0.25, 0.3) is 5.91 Å². The van der Waals surface area contributed by atoms with Crippen LogP contribution in [-0.4, -0.2) is 40.9 Å². The van der Waals surface area contributed by atoms with E-state index >= 15 is 0 Å². The van der Waals surface area contributed by atoms with Gasteiger partial charge < -0.3 is 5.32 Å². The van der Waals surface area contributed by atoms with Crippen molar-refractivity contribution in [3.8, 4) is 0 Å². The Morgan fingerprint density at radius 1 is 1.47 bits per heavy atom. The number of amides is 3. The van der Waals surface area contributed by atoms with Gasteiger partial charge in [-0.15, -0.1) is 0 Å². The van der Waals surface area contributed by atoms with Gasteiger partial charge in [0.15, 0.2) is 0 Å². The number of nitrogens with one attached hydrogen (secondary N) is 1. The summed E-state index contributed by atoms with van der Waals surface area (Å²) in [6.07, 6.45) is 6.01. The smallest absolute Gasteiger partial charge is 0.323 e. The first kappa shape index (κ1) is 12.7. The van der Waals surface area contributed by atoms with Crippen LogP contribution in [0.25, 0.3) is 0 Å². The molecule has 1 heterocycles. The molecule has 0 bridgehead atoms. The largest absolute Gasteiger partial charge is 0.325 e. The molecule has 2 unspecified atom stereocenters. The number of hydrogen-bond donors (Lipinski definition) is 1. The van der Waals surface area contributed by atoms with Crippen LogP contribution in [0.5, 0.6) is 0 Å². The average Bonchev–Trinajstić information content (AvgIpc) is 2.54. The van der Waals surface area contributed by atoms with E-state index in [1.807, 2.05) is 6.26 Å². The van der Waals surface area contributed by atoms with E-state index in [0.29, 0.717) is 6.54 Å². The first-order valence-electron chi connectivity index (χ1n) is 6.25. The minimum Gasteiger partial charge on any atom is -0.323 e. The van der Waals surface area contributed by atoms with Crippen molar-refractivity contribution in [3.63, 3.8) is 0 Å². The second-order valence-corrected chi connectivity index (χ2v) is 5.98. The lowest BCUT2D eigenvalue weighted by Crippen LogP contribution is -2.54. The van der Waals surface area contributed by atoms with Gasteiger partial charge in [-0.25, -0.2) is 4.79 Å². The fourth-order valence-electron chi connectivity index (χ4n) is 2.88. The van der Waals surface area contributed by atoms with Gasteiger partial charge in [-0.05, 0) is 25.0 Å². The van der Waals surface area contributed by atoms with Crippen LogP contribution in [0, 0.1) is 5.92 Å². The topological polar surface area (TPSA) is 49.4 Å². The third-order valence-electron chi connectivity index (χ3n) is 4.02. The van der Waals surface area contributed by atoms with Crippen LogP contribution in [0.4, 0.5) is 4.79 Å². The van der Waals surface area contributed by atoms with E-state index in [2.05, 4.69) is 12.2 Å². The predicted octanol–water partition coefficient (Wildman–Crippen LogP) is 1.85. The fourth-order valence-corrected chi connectivity index (χ4v) is 3.25. The maximum absolute atomic E-state index is 12.4. The van der Waals surface area contributed by atoms with E-state index in [1.165, 1.54) is 4.90 Å². The minimum atomic E-state index is -0.590. The summed E-state index contributed by atoms with van der Waals surface area (Å²) < 4.78 is 0. The van der Waals surface area contributed by atoms with Gasteiger partial charge in [0.2, 0.25) is 0 Å². The van der Waals surface area contributed by atoms with Crippen LogP contribution < -0.4 is 5.32 Å². The Morgan fingerprint density at radius 3 is 2.88 bits per heavy atom. The van der Waals surface area contributed by atoms with Crippen LogP contribution in [0.1, 0.15) is 32.6 Å². The Morgan fingerprint density at radius 2 is 2.24 bits per heavy atom. The second-order valence-electron chi connectivity index (χ2n) is 5.00. The molecule has 1 aliphatic carbocycles. The van der Waals surface area contributed by atoms with Crippen molar-refractivity contribution in [2.24, 2.45) is 5.92 Å². The maximum atomic E-state index is 12.4. The monoisotopic (exact) mass is 256 g/mol. The highest BCUT2D eigenvalue weighted by Crippen LogP contribution is 2.38. The summed E-state index contributed by atoms with van der Waals surface area (Å²) >= 11 is 1.65. The van der Waals surface area contributed by atoms with Gasteiger partial charge in [0.05, 0.1) is 0 Å². The minimum absolute atomic E-state index is 0.00347. The fraction of sp³-hybridized carbons (Fsp3) is 0.833. The van der Waals surface area contributed by atoms with Crippen molar-refractivity contribution in [1.82, 2.24) is 10.2 Å². The summed E-state index contributed by atoms with van der Waals surface area (Å²) in [7, 11) is 0. The number of urea groups is 1. The molecule has 96 valence electrons. The third kappa shape index (κ3) is 2.05. The zero-order chi connectivity index (χ0) is 12.5. The average molecular weight is 256 g/mol. The lowest BCUT2D eigenvalue weighted by molar-refractivity contribution is -0.134. The van der Waals surface area contributed by atoms with E-state index in [0.717, 1.165) is 31.4 Å². The van der Waals surface area contributed by atoms with Crippen molar-refractivity contribution in [2.45, 2.75) is 38.1 Å². The zero-order valence-corrected chi connectivity index (χ0v) is 11.3. The number of carbonyl (C=O) groups is 2. The molecule has 1 saturated heterocycles. The van der Waals surface area contributed by atoms with Crippen molar-refractivity contribution in [1.29, 1.82) is 0 Å². The molecule has 0 aromatic heterocycles. The van der Waals surface area contributed by atoms with E-state index in [9.17, 15) is 9.59 Å². The molecule has 1 saturated carbocycles. The molecule has 1 N–H and O–H groups in total. The highest BCUT2D eigenvalue weighted by molar-refractivity contribution is 7.98. The lowest BCUT2D eigenvalue weighted by Gasteiger charge is -2.36. The number of thioether (sulfide) groups is 1. The molecule has 0 aromatic rings. The van der Waals surface area contributed by atoms with Crippen molar-refractivity contribution in [3.05, 3.63) is 0 Å². The SMILES string of the molecule is CSCCN1C(=O)NC2(CCCCC2C)C1=O. The first-order valence-corrected chi connectivity index (χ1v) is 7.64. The molecule has 1 aliphatic heterocycles. The summed E-state index contributed by atoms with van der Waals surface area (Å²) in [5.74, 6) is 1.07. The lowest BCUT2D eigenvalue weighted by atomic mass is 9.73. The van der Waals surface area contributed by atoms with E-state index in [1.54, 1.807) is 11.8 Å². The summed E-state index contributed by atoms with van der Waals surface area (Å²) in [6, 6.07) is -0.196. The van der Waals surface area contributed by atoms with Gasteiger partial charge in [0.1, 0.15) is 5.54 Å². The Hall–Kier alpha value is -0.710. The van der Waals surface area contributed by atoms with Gasteiger partial charge in [-0.1, -0.05) is 19.8 Å². The third-order valence-corrected chi connectivity index (χ3v) is 4.61. The van der Waals surface area contributed by atoms with Gasteiger partial charge in [-0.3, -0.25) is 9.69 Å². The summed E-state index contributed by atoms with van der Waals surface area (Å²) in [5.41, 5.74) is -0.590. The van der Waals surface area contributed by atoms with E-state index in [-0.39, 0.29) is 17.9 Å². The highest BCUT2D eigenvalue weighted by Gasteiger charge is 2.54. The van der Waals surface area contributed by atoms with Gasteiger partial charge in [0, 0.05) is 12.3 Å². The molecule has 0 aromatic carbocycles. The van der Waals surface area contributed by atoms with Crippen molar-refractivity contribution in [2.75, 3.05) is 18.6 Å². The van der Waals surface area contributed by atoms with Crippen molar-refractivity contribution >= 4 is 23.7 Å². The maximum Gasteiger partial charge on any atom is 0.325 e. The molecular formula is C12H20N2O2S. The summed E-state index contributed by atoms with van der Waals surface area (Å²) in [4.78, 5) is 25.7. The molecule has 2 atom stereocenters. The molecule has 1 spiro atoms. The number of rotatable bonds is 3. The van der Waals surface area contributed by atoms with Crippen LogP contribution in [-0.2, 0) is 4.79 Å². The zero-order valence-electron chi connectivity index (χ0n) is 10.5. The van der Waals surface area contributed by atoms with Crippen molar-refractivity contribution < 1.29 is 9.59 Å². The normalized spacial score (nSPS) is 33.3. The molecule has 2 aliphatic rings. The second kappa shape index (κ2) is 4.88. The molecule has 2 fully saturated rings. The molecule has 2 rings (SSSR count). The van der Waals surface area contributed by atoms with E-state index in [4.69, 9.17) is 0 Å². The molecular weight excluding hydrogens is 236 g/mol. The van der Waals surface area contributed by atoms with Crippen LogP contribution >= 0.6 is 11.8 Å². The Balaban J connectivity index is 2.16. The molecule has 0 radical (unpaired) electrons. The summed E-state index contributed by atoms with van der Waals surface area (Å²) in [5, 5.41) is 2.96. The number of hydrogen-bond acceptors (Lipinski definition) is 3. The van der Waals surface area contributed by atoms with Gasteiger partial charge in [-0.2, -0.15) is 11.8 Å². The Kier molecular flexibility index (Phi) is 3.66. The molecule has 17 heavy (non-hydrogen) atoms. The summed E-state index contributed by atoms with van der Waals surface area (Å²) in [6.45, 7) is 2.61. The van der Waals surface area contributed by atoms with Crippen LogP contribution in [0.2, 0.25) is 0 Å². The standard InChI is InChI=1S/C12H20N2O2S/c1-9-5-3-4-6-12(9)10(15)14(7-8-17-2)11(16)13-12/h9H,3-8H2,1-2H3,(H,13,16). The predicted molar refractivity (Wildman–Crippen MR) is 69.0 cm³/mol. The number of imide groups is 1. The number of nitrogens with zero attached hydrogens (tertiary/aromatic N) is 1. The Labute approximate surface area is 106 Å². The molecule has 4 nitrogen and oxygen atoms in total.